The summed E-state index contributed by atoms with van der Waals surface area (Å²) in [6, 6.07) is 0. The van der Waals surface area contributed by atoms with Gasteiger partial charge in [-0.2, -0.15) is 0 Å². The predicted molar refractivity (Wildman–Crippen MR) is 42.6 cm³/mol. The van der Waals surface area contributed by atoms with Crippen molar-refractivity contribution in [3.8, 4) is 0 Å². The van der Waals surface area contributed by atoms with E-state index >= 15 is 0 Å². The highest BCUT2D eigenvalue weighted by atomic mass is 16.6. The number of hydrogen-bond acceptors (Lipinski definition) is 4. The number of fused-ring (bicyclic) bond motifs is 2. The molecule has 1 saturated heterocycles. The van der Waals surface area contributed by atoms with Crippen LogP contribution in [-0.4, -0.2) is 25.2 Å². The van der Waals surface area contributed by atoms with E-state index in [1.165, 1.54) is 7.11 Å². The fourth-order valence-corrected chi connectivity index (χ4v) is 1.82. The van der Waals surface area contributed by atoms with E-state index in [4.69, 9.17) is 4.74 Å². The van der Waals surface area contributed by atoms with Gasteiger partial charge >= 0.3 is 11.9 Å². The molecule has 3 atom stereocenters. The van der Waals surface area contributed by atoms with Crippen LogP contribution >= 0.6 is 0 Å². The zero-order valence-electron chi connectivity index (χ0n) is 7.23. The zero-order valence-corrected chi connectivity index (χ0v) is 7.23. The topological polar surface area (TPSA) is 52.6 Å². The third-order valence-electron chi connectivity index (χ3n) is 2.48. The summed E-state index contributed by atoms with van der Waals surface area (Å²) in [6.07, 6.45) is 4.27. The van der Waals surface area contributed by atoms with E-state index in [0.717, 1.165) is 0 Å². The number of carbonyl (C=O) groups excluding carboxylic acids is 2. The van der Waals surface area contributed by atoms with Crippen LogP contribution < -0.4 is 0 Å². The molecule has 0 spiro atoms. The summed E-state index contributed by atoms with van der Waals surface area (Å²) in [5, 5.41) is 0. The highest BCUT2D eigenvalue weighted by molar-refractivity contribution is 5.96. The zero-order chi connectivity index (χ0) is 9.42. The monoisotopic (exact) mass is 182 g/mol. The minimum Gasteiger partial charge on any atom is -0.468 e. The summed E-state index contributed by atoms with van der Waals surface area (Å²) in [5.41, 5.74) is 0. The lowest BCUT2D eigenvalue weighted by Crippen LogP contribution is -2.38. The molecule has 0 aromatic heterocycles. The largest absolute Gasteiger partial charge is 0.468 e. The second-order valence-corrected chi connectivity index (χ2v) is 3.26. The van der Waals surface area contributed by atoms with Gasteiger partial charge in [-0.1, -0.05) is 6.08 Å². The number of carbonyl (C=O) groups is 2. The van der Waals surface area contributed by atoms with E-state index in [9.17, 15) is 9.59 Å². The number of hydrogen-bond donors (Lipinski definition) is 0. The van der Waals surface area contributed by atoms with Crippen LogP contribution in [0.3, 0.4) is 0 Å². The molecule has 2 rings (SSSR count). The maximum Gasteiger partial charge on any atom is 0.321 e. The predicted octanol–water partition coefficient (Wildman–Crippen LogP) is 0.277. The smallest absolute Gasteiger partial charge is 0.321 e. The van der Waals surface area contributed by atoms with Gasteiger partial charge in [0.05, 0.1) is 7.11 Å². The van der Waals surface area contributed by atoms with Crippen LogP contribution in [0.15, 0.2) is 12.2 Å². The normalized spacial score (nSPS) is 35.8. The molecule has 0 saturated carbocycles. The molecular weight excluding hydrogens is 172 g/mol. The average Bonchev–Trinajstić information content (AvgIpc) is 2.48. The number of allylic oxidation sites excluding steroid dienone is 1. The minimum absolute atomic E-state index is 0.0290. The Hall–Kier alpha value is -1.32. The molecule has 4 heteroatoms. The third-order valence-corrected chi connectivity index (χ3v) is 2.48. The van der Waals surface area contributed by atoms with Gasteiger partial charge in [0.2, 0.25) is 0 Å². The van der Waals surface area contributed by atoms with Crippen LogP contribution in [0.5, 0.6) is 0 Å². The third kappa shape index (κ3) is 1.22. The van der Waals surface area contributed by atoms with Crippen LogP contribution in [0.1, 0.15) is 6.42 Å². The number of esters is 2. The van der Waals surface area contributed by atoms with E-state index in [1.807, 2.05) is 12.2 Å². The Balaban J connectivity index is 2.21. The molecule has 2 bridgehead atoms. The molecule has 70 valence electrons. The molecule has 0 aromatic rings. The Bertz CT molecular complexity index is 281. The molecule has 0 amide bonds. The van der Waals surface area contributed by atoms with Crippen LogP contribution in [0.2, 0.25) is 0 Å². The van der Waals surface area contributed by atoms with Crippen molar-refractivity contribution in [2.24, 2.45) is 11.8 Å². The Morgan fingerprint density at radius 3 is 3.08 bits per heavy atom. The standard InChI is InChI=1S/C9H10O4/c1-12-8(10)7-5-2-3-6(4-5)13-9(7)11/h2-3,5-7H,4H2,1H3/t5-,6+,7-/m0/s1. The molecular formula is C9H10O4. The van der Waals surface area contributed by atoms with Crippen molar-refractivity contribution in [1.82, 2.24) is 0 Å². The van der Waals surface area contributed by atoms with E-state index < -0.39 is 17.9 Å². The highest BCUT2D eigenvalue weighted by Gasteiger charge is 2.44. The summed E-state index contributed by atoms with van der Waals surface area (Å²) in [5.74, 6) is -1.74. The molecule has 1 aliphatic carbocycles. The lowest BCUT2D eigenvalue weighted by atomic mass is 9.90. The van der Waals surface area contributed by atoms with Crippen molar-refractivity contribution >= 4 is 11.9 Å². The maximum absolute atomic E-state index is 11.3. The first-order valence-electron chi connectivity index (χ1n) is 4.19. The van der Waals surface area contributed by atoms with Gasteiger partial charge in [-0.25, -0.2) is 0 Å². The number of rotatable bonds is 1. The van der Waals surface area contributed by atoms with E-state index in [-0.39, 0.29) is 12.0 Å². The average molecular weight is 182 g/mol. The first kappa shape index (κ1) is 8.29. The van der Waals surface area contributed by atoms with Crippen LogP contribution in [0, 0.1) is 11.8 Å². The number of ether oxygens (including phenoxy) is 2. The summed E-state index contributed by atoms with van der Waals surface area (Å²) in [4.78, 5) is 22.5. The van der Waals surface area contributed by atoms with Gasteiger partial charge in [0, 0.05) is 5.92 Å². The van der Waals surface area contributed by atoms with Gasteiger partial charge in [0.15, 0.2) is 5.92 Å². The minimum atomic E-state index is -0.750. The second kappa shape index (κ2) is 2.87. The molecule has 2 aliphatic rings. The lowest BCUT2D eigenvalue weighted by molar-refractivity contribution is -0.169. The van der Waals surface area contributed by atoms with Crippen LogP contribution in [0.25, 0.3) is 0 Å². The van der Waals surface area contributed by atoms with Gasteiger partial charge in [-0.3, -0.25) is 9.59 Å². The molecule has 1 fully saturated rings. The van der Waals surface area contributed by atoms with Gasteiger partial charge in [-0.15, -0.1) is 0 Å². The van der Waals surface area contributed by atoms with Crippen molar-refractivity contribution in [2.45, 2.75) is 12.5 Å². The van der Waals surface area contributed by atoms with Gasteiger partial charge in [-0.05, 0) is 12.5 Å². The van der Waals surface area contributed by atoms with Crippen LogP contribution in [0.4, 0.5) is 0 Å². The van der Waals surface area contributed by atoms with Crippen molar-refractivity contribution < 1.29 is 19.1 Å². The molecule has 1 heterocycles. The van der Waals surface area contributed by atoms with E-state index in [0.29, 0.717) is 6.42 Å². The molecule has 0 aromatic carbocycles. The Labute approximate surface area is 75.5 Å². The second-order valence-electron chi connectivity index (χ2n) is 3.26. The maximum atomic E-state index is 11.3. The molecule has 4 nitrogen and oxygen atoms in total. The molecule has 13 heavy (non-hydrogen) atoms. The Morgan fingerprint density at radius 2 is 2.38 bits per heavy atom. The fourth-order valence-electron chi connectivity index (χ4n) is 1.82. The Kier molecular flexibility index (Phi) is 1.83. The lowest BCUT2D eigenvalue weighted by Gasteiger charge is -2.25. The van der Waals surface area contributed by atoms with Gasteiger partial charge in [0.25, 0.3) is 0 Å². The van der Waals surface area contributed by atoms with Gasteiger partial charge < -0.3 is 9.47 Å². The first-order chi connectivity index (χ1) is 6.22. The molecule has 0 unspecified atom stereocenters. The van der Waals surface area contributed by atoms with E-state index in [1.54, 1.807) is 0 Å². The fraction of sp³-hybridized carbons (Fsp3) is 0.556. The molecule has 1 aliphatic heterocycles. The van der Waals surface area contributed by atoms with Crippen molar-refractivity contribution in [3.05, 3.63) is 12.2 Å². The van der Waals surface area contributed by atoms with E-state index in [2.05, 4.69) is 4.74 Å². The SMILES string of the molecule is COC(=O)[C@H]1C(=O)O[C@@H]2C=C[C@H]1C2. The highest BCUT2D eigenvalue weighted by Crippen LogP contribution is 2.34. The molecule has 0 radical (unpaired) electrons. The first-order valence-corrected chi connectivity index (χ1v) is 4.19. The number of methoxy groups -OCH3 is 1. The van der Waals surface area contributed by atoms with Crippen molar-refractivity contribution in [3.63, 3.8) is 0 Å². The molecule has 0 N–H and O–H groups in total. The summed E-state index contributed by atoms with van der Waals surface area (Å²) in [7, 11) is 1.28. The Morgan fingerprint density at radius 1 is 1.62 bits per heavy atom. The summed E-state index contributed by atoms with van der Waals surface area (Å²) < 4.78 is 9.52. The summed E-state index contributed by atoms with van der Waals surface area (Å²) >= 11 is 0. The summed E-state index contributed by atoms with van der Waals surface area (Å²) in [6.45, 7) is 0. The van der Waals surface area contributed by atoms with Gasteiger partial charge in [0.1, 0.15) is 6.10 Å². The quantitative estimate of drug-likeness (QED) is 0.332. The van der Waals surface area contributed by atoms with Crippen LogP contribution in [-0.2, 0) is 19.1 Å². The van der Waals surface area contributed by atoms with Crippen molar-refractivity contribution in [1.29, 1.82) is 0 Å². The van der Waals surface area contributed by atoms with Crippen molar-refractivity contribution in [2.75, 3.05) is 7.11 Å².